The van der Waals surface area contributed by atoms with Crippen LogP contribution < -0.4 is 5.32 Å². The van der Waals surface area contributed by atoms with Gasteiger partial charge in [0.2, 0.25) is 0 Å². The van der Waals surface area contributed by atoms with E-state index in [2.05, 4.69) is 10.3 Å². The third kappa shape index (κ3) is 2.20. The molecule has 0 atom stereocenters. The monoisotopic (exact) mass is 236 g/mol. The first-order valence-corrected chi connectivity index (χ1v) is 5.62. The zero-order chi connectivity index (χ0) is 12.4. The van der Waals surface area contributed by atoms with Crippen LogP contribution in [0.3, 0.4) is 0 Å². The smallest absolute Gasteiger partial charge is 0.152 e. The standard InChI is InChI=1S/C13H14F2N2/c1-3-4-9-7-12(16-2)10-5-8(14)6-11(15)13(10)17-9/h5-7H,3-4H2,1-2H3,(H,16,17). The Hall–Kier alpha value is -1.71. The number of rotatable bonds is 3. The van der Waals surface area contributed by atoms with E-state index in [9.17, 15) is 8.78 Å². The highest BCUT2D eigenvalue weighted by Gasteiger charge is 2.10. The predicted molar refractivity (Wildman–Crippen MR) is 65.2 cm³/mol. The zero-order valence-corrected chi connectivity index (χ0v) is 9.85. The van der Waals surface area contributed by atoms with E-state index in [1.54, 1.807) is 7.05 Å². The summed E-state index contributed by atoms with van der Waals surface area (Å²) in [6, 6.07) is 4.00. The summed E-state index contributed by atoms with van der Waals surface area (Å²) < 4.78 is 26.8. The van der Waals surface area contributed by atoms with Gasteiger partial charge in [0.15, 0.2) is 5.82 Å². The first kappa shape index (κ1) is 11.8. The fourth-order valence-corrected chi connectivity index (χ4v) is 1.90. The largest absolute Gasteiger partial charge is 0.388 e. The van der Waals surface area contributed by atoms with E-state index in [4.69, 9.17) is 0 Å². The SMILES string of the molecule is CCCc1cc(NC)c2cc(F)cc(F)c2n1. The van der Waals surface area contributed by atoms with Crippen molar-refractivity contribution in [3.8, 4) is 0 Å². The lowest BCUT2D eigenvalue weighted by Crippen LogP contribution is -1.98. The first-order chi connectivity index (χ1) is 8.15. The van der Waals surface area contributed by atoms with E-state index in [1.165, 1.54) is 6.07 Å². The summed E-state index contributed by atoms with van der Waals surface area (Å²) in [4.78, 5) is 4.23. The van der Waals surface area contributed by atoms with Crippen molar-refractivity contribution in [3.05, 3.63) is 35.5 Å². The van der Waals surface area contributed by atoms with E-state index in [1.807, 2.05) is 13.0 Å². The van der Waals surface area contributed by atoms with E-state index >= 15 is 0 Å². The van der Waals surface area contributed by atoms with E-state index < -0.39 is 11.6 Å². The lowest BCUT2D eigenvalue weighted by atomic mass is 10.1. The molecule has 0 aliphatic carbocycles. The Morgan fingerprint density at radius 1 is 1.24 bits per heavy atom. The number of nitrogens with one attached hydrogen (secondary N) is 1. The van der Waals surface area contributed by atoms with Gasteiger partial charge in [0.05, 0.1) is 0 Å². The van der Waals surface area contributed by atoms with Gasteiger partial charge in [0.1, 0.15) is 11.3 Å². The van der Waals surface area contributed by atoms with Gasteiger partial charge in [-0.15, -0.1) is 0 Å². The van der Waals surface area contributed by atoms with Gasteiger partial charge in [-0.05, 0) is 18.6 Å². The number of hydrogen-bond donors (Lipinski definition) is 1. The Labute approximate surface area is 98.7 Å². The summed E-state index contributed by atoms with van der Waals surface area (Å²) in [5, 5.41) is 3.43. The molecule has 0 spiro atoms. The molecular formula is C13H14F2N2. The minimum Gasteiger partial charge on any atom is -0.388 e. The molecule has 0 fully saturated rings. The average molecular weight is 236 g/mol. The summed E-state index contributed by atoms with van der Waals surface area (Å²) in [6.45, 7) is 2.03. The van der Waals surface area contributed by atoms with Gasteiger partial charge in [-0.25, -0.2) is 13.8 Å². The molecule has 1 aromatic heterocycles. The zero-order valence-electron chi connectivity index (χ0n) is 9.85. The van der Waals surface area contributed by atoms with Crippen molar-refractivity contribution in [1.82, 2.24) is 4.98 Å². The molecule has 1 N–H and O–H groups in total. The predicted octanol–water partition coefficient (Wildman–Crippen LogP) is 3.51. The Morgan fingerprint density at radius 3 is 2.65 bits per heavy atom. The van der Waals surface area contributed by atoms with Crippen molar-refractivity contribution in [2.24, 2.45) is 0 Å². The molecule has 1 heterocycles. The maximum atomic E-state index is 13.7. The van der Waals surface area contributed by atoms with Crippen LogP contribution in [0.2, 0.25) is 0 Å². The number of nitrogens with zero attached hydrogens (tertiary/aromatic N) is 1. The van der Waals surface area contributed by atoms with Gasteiger partial charge >= 0.3 is 0 Å². The van der Waals surface area contributed by atoms with Crippen molar-refractivity contribution in [2.45, 2.75) is 19.8 Å². The Bertz CT molecular complexity index is 553. The summed E-state index contributed by atoms with van der Waals surface area (Å²) in [5.41, 5.74) is 1.74. The Kier molecular flexibility index (Phi) is 3.22. The minimum atomic E-state index is -0.616. The summed E-state index contributed by atoms with van der Waals surface area (Å²) in [7, 11) is 1.73. The summed E-state index contributed by atoms with van der Waals surface area (Å²) in [5.74, 6) is -1.20. The number of benzene rings is 1. The maximum absolute atomic E-state index is 13.7. The number of aryl methyl sites for hydroxylation is 1. The van der Waals surface area contributed by atoms with E-state index in [0.717, 1.165) is 24.6 Å². The van der Waals surface area contributed by atoms with Gasteiger partial charge < -0.3 is 5.32 Å². The second-order valence-electron chi connectivity index (χ2n) is 3.94. The average Bonchev–Trinajstić information content (AvgIpc) is 2.29. The number of halogens is 2. The lowest BCUT2D eigenvalue weighted by Gasteiger charge is -2.09. The van der Waals surface area contributed by atoms with Crippen molar-refractivity contribution in [2.75, 3.05) is 12.4 Å². The molecule has 17 heavy (non-hydrogen) atoms. The fraction of sp³-hybridized carbons (Fsp3) is 0.308. The molecule has 2 rings (SSSR count). The molecule has 0 aliphatic heterocycles. The molecule has 2 nitrogen and oxygen atoms in total. The number of aromatic nitrogens is 1. The van der Waals surface area contributed by atoms with Crippen molar-refractivity contribution in [1.29, 1.82) is 0 Å². The topological polar surface area (TPSA) is 24.9 Å². The third-order valence-electron chi connectivity index (χ3n) is 2.66. The molecule has 0 saturated carbocycles. The molecule has 0 saturated heterocycles. The third-order valence-corrected chi connectivity index (χ3v) is 2.66. The molecule has 0 aliphatic rings. The van der Waals surface area contributed by atoms with Crippen LogP contribution in [-0.2, 0) is 6.42 Å². The van der Waals surface area contributed by atoms with Gasteiger partial charge in [-0.1, -0.05) is 13.3 Å². The second kappa shape index (κ2) is 4.65. The van der Waals surface area contributed by atoms with Gasteiger partial charge in [0.25, 0.3) is 0 Å². The van der Waals surface area contributed by atoms with Crippen LogP contribution in [0, 0.1) is 11.6 Å². The molecule has 1 aromatic carbocycles. The van der Waals surface area contributed by atoms with Crippen LogP contribution in [-0.4, -0.2) is 12.0 Å². The van der Waals surface area contributed by atoms with E-state index in [0.29, 0.717) is 11.1 Å². The van der Waals surface area contributed by atoms with E-state index in [-0.39, 0.29) is 5.52 Å². The van der Waals surface area contributed by atoms with Crippen molar-refractivity contribution >= 4 is 16.6 Å². The Balaban J connectivity index is 2.73. The highest BCUT2D eigenvalue weighted by Crippen LogP contribution is 2.26. The molecule has 0 radical (unpaired) electrons. The van der Waals surface area contributed by atoms with Gasteiger partial charge in [-0.2, -0.15) is 0 Å². The lowest BCUT2D eigenvalue weighted by molar-refractivity contribution is 0.590. The normalized spacial score (nSPS) is 10.8. The van der Waals surface area contributed by atoms with Crippen LogP contribution in [0.5, 0.6) is 0 Å². The van der Waals surface area contributed by atoms with Crippen LogP contribution in [0.15, 0.2) is 18.2 Å². The number of hydrogen-bond acceptors (Lipinski definition) is 2. The minimum absolute atomic E-state index is 0.224. The van der Waals surface area contributed by atoms with Crippen LogP contribution in [0.4, 0.5) is 14.5 Å². The molecule has 2 aromatic rings. The highest BCUT2D eigenvalue weighted by atomic mass is 19.1. The molecule has 0 unspecified atom stereocenters. The van der Waals surface area contributed by atoms with Gasteiger partial charge in [0, 0.05) is 29.9 Å². The number of pyridine rings is 1. The molecule has 90 valence electrons. The quantitative estimate of drug-likeness (QED) is 0.882. The number of anilines is 1. The van der Waals surface area contributed by atoms with Crippen molar-refractivity contribution < 1.29 is 8.78 Å². The maximum Gasteiger partial charge on any atom is 0.152 e. The van der Waals surface area contributed by atoms with Crippen LogP contribution in [0.25, 0.3) is 10.9 Å². The van der Waals surface area contributed by atoms with Crippen molar-refractivity contribution in [3.63, 3.8) is 0 Å². The summed E-state index contributed by atoms with van der Waals surface area (Å²) >= 11 is 0. The highest BCUT2D eigenvalue weighted by molar-refractivity contribution is 5.91. The van der Waals surface area contributed by atoms with Gasteiger partial charge in [-0.3, -0.25) is 0 Å². The Morgan fingerprint density at radius 2 is 2.00 bits per heavy atom. The van der Waals surface area contributed by atoms with Crippen LogP contribution >= 0.6 is 0 Å². The molecule has 0 bridgehead atoms. The number of fused-ring (bicyclic) bond motifs is 1. The fourth-order valence-electron chi connectivity index (χ4n) is 1.90. The molecule has 0 amide bonds. The second-order valence-corrected chi connectivity index (χ2v) is 3.94. The molecular weight excluding hydrogens is 222 g/mol. The summed E-state index contributed by atoms with van der Waals surface area (Å²) in [6.07, 6.45) is 1.71. The first-order valence-electron chi connectivity index (χ1n) is 5.62. The molecule has 4 heteroatoms. The van der Waals surface area contributed by atoms with Crippen LogP contribution in [0.1, 0.15) is 19.0 Å².